The standard InChI is InChI=1S/C13H13F2NO3S/c1-9(10-6-7-19-8-10)16-11-2-4-12(5-3-11)20(17,18)13(14)15/h2-9,13,16H,1H3. The Balaban J connectivity index is 2.13. The molecule has 0 aliphatic rings. The van der Waals surface area contributed by atoms with Gasteiger partial charge in [-0.2, -0.15) is 8.78 Å². The lowest BCUT2D eigenvalue weighted by Gasteiger charge is -2.13. The third kappa shape index (κ3) is 2.98. The molecule has 1 aromatic heterocycles. The molecule has 2 rings (SSSR count). The zero-order valence-electron chi connectivity index (χ0n) is 10.6. The number of alkyl halides is 2. The molecule has 0 aliphatic carbocycles. The maximum Gasteiger partial charge on any atom is 0.341 e. The number of sulfone groups is 1. The molecule has 0 amide bonds. The topological polar surface area (TPSA) is 59.3 Å². The zero-order valence-corrected chi connectivity index (χ0v) is 11.4. The van der Waals surface area contributed by atoms with Crippen LogP contribution in [0.3, 0.4) is 0 Å². The van der Waals surface area contributed by atoms with E-state index in [0.717, 1.165) is 17.7 Å². The van der Waals surface area contributed by atoms with Crippen molar-refractivity contribution >= 4 is 15.5 Å². The van der Waals surface area contributed by atoms with Crippen LogP contribution in [0.15, 0.2) is 52.2 Å². The predicted molar refractivity (Wildman–Crippen MR) is 70.4 cm³/mol. The monoisotopic (exact) mass is 301 g/mol. The zero-order chi connectivity index (χ0) is 14.8. The smallest absolute Gasteiger partial charge is 0.341 e. The molecule has 0 bridgehead atoms. The van der Waals surface area contributed by atoms with E-state index in [1.165, 1.54) is 12.1 Å². The number of anilines is 1. The van der Waals surface area contributed by atoms with Crippen molar-refractivity contribution in [3.05, 3.63) is 48.4 Å². The summed E-state index contributed by atoms with van der Waals surface area (Å²) in [4.78, 5) is -0.394. The first-order valence-corrected chi connectivity index (χ1v) is 7.36. The van der Waals surface area contributed by atoms with Gasteiger partial charge in [-0.3, -0.25) is 0 Å². The van der Waals surface area contributed by atoms with Gasteiger partial charge in [0.05, 0.1) is 23.5 Å². The molecule has 0 aliphatic heterocycles. The number of rotatable bonds is 5. The summed E-state index contributed by atoms with van der Waals surface area (Å²) in [5.74, 6) is -3.41. The van der Waals surface area contributed by atoms with Crippen molar-refractivity contribution in [2.75, 3.05) is 5.32 Å². The summed E-state index contributed by atoms with van der Waals surface area (Å²) in [7, 11) is -4.54. The number of furan rings is 1. The Bertz CT molecular complexity index is 651. The number of hydrogen-bond donors (Lipinski definition) is 1. The number of halogens is 2. The summed E-state index contributed by atoms with van der Waals surface area (Å²) in [5.41, 5.74) is 1.56. The van der Waals surface area contributed by atoms with Gasteiger partial charge in [0.2, 0.25) is 9.84 Å². The van der Waals surface area contributed by atoms with Gasteiger partial charge in [-0.05, 0) is 37.3 Å². The highest BCUT2D eigenvalue weighted by molar-refractivity contribution is 7.91. The molecular formula is C13H13F2NO3S. The first kappa shape index (κ1) is 14.5. The highest BCUT2D eigenvalue weighted by Crippen LogP contribution is 2.23. The fourth-order valence-corrected chi connectivity index (χ4v) is 2.42. The molecule has 1 heterocycles. The van der Waals surface area contributed by atoms with Crippen LogP contribution in [0.1, 0.15) is 18.5 Å². The first-order chi connectivity index (χ1) is 9.41. The fraction of sp³-hybridized carbons (Fsp3) is 0.231. The molecule has 0 saturated heterocycles. The molecule has 4 nitrogen and oxygen atoms in total. The van der Waals surface area contributed by atoms with Crippen LogP contribution in [-0.2, 0) is 9.84 Å². The molecule has 20 heavy (non-hydrogen) atoms. The minimum atomic E-state index is -4.54. The summed E-state index contributed by atoms with van der Waals surface area (Å²) in [6.45, 7) is 1.90. The van der Waals surface area contributed by atoms with Gasteiger partial charge in [0.1, 0.15) is 0 Å². The van der Waals surface area contributed by atoms with Crippen molar-refractivity contribution in [2.45, 2.75) is 23.6 Å². The van der Waals surface area contributed by atoms with Crippen molar-refractivity contribution in [1.82, 2.24) is 0 Å². The highest BCUT2D eigenvalue weighted by atomic mass is 32.2. The number of benzene rings is 1. The molecule has 1 aromatic carbocycles. The summed E-state index contributed by atoms with van der Waals surface area (Å²) in [6.07, 6.45) is 3.14. The van der Waals surface area contributed by atoms with Gasteiger partial charge in [-0.1, -0.05) is 0 Å². The van der Waals surface area contributed by atoms with E-state index in [0.29, 0.717) is 5.69 Å². The molecular weight excluding hydrogens is 288 g/mol. The first-order valence-electron chi connectivity index (χ1n) is 5.82. The van der Waals surface area contributed by atoms with E-state index < -0.39 is 20.5 Å². The Morgan fingerprint density at radius 2 is 1.80 bits per heavy atom. The summed E-state index contributed by atoms with van der Waals surface area (Å²) >= 11 is 0. The third-order valence-electron chi connectivity index (χ3n) is 2.84. The maximum atomic E-state index is 12.4. The van der Waals surface area contributed by atoms with E-state index in [9.17, 15) is 17.2 Å². The lowest BCUT2D eigenvalue weighted by molar-refractivity contribution is 0.234. The van der Waals surface area contributed by atoms with Crippen molar-refractivity contribution in [2.24, 2.45) is 0 Å². The minimum Gasteiger partial charge on any atom is -0.472 e. The van der Waals surface area contributed by atoms with Crippen LogP contribution in [0.2, 0.25) is 0 Å². The van der Waals surface area contributed by atoms with E-state index in [-0.39, 0.29) is 6.04 Å². The molecule has 1 N–H and O–H groups in total. The molecule has 7 heteroatoms. The van der Waals surface area contributed by atoms with Crippen molar-refractivity contribution in [3.63, 3.8) is 0 Å². The second-order valence-corrected chi connectivity index (χ2v) is 6.17. The van der Waals surface area contributed by atoms with Gasteiger partial charge in [0.15, 0.2) is 0 Å². The largest absolute Gasteiger partial charge is 0.472 e. The molecule has 108 valence electrons. The minimum absolute atomic E-state index is 0.0497. The summed E-state index contributed by atoms with van der Waals surface area (Å²) in [6, 6.07) is 6.97. The molecule has 2 aromatic rings. The second kappa shape index (κ2) is 5.62. The Kier molecular flexibility index (Phi) is 4.08. The van der Waals surface area contributed by atoms with Crippen molar-refractivity contribution < 1.29 is 21.6 Å². The maximum absolute atomic E-state index is 12.4. The molecule has 1 atom stereocenters. The molecule has 0 fully saturated rings. The van der Waals surface area contributed by atoms with Gasteiger partial charge in [0.25, 0.3) is 0 Å². The van der Waals surface area contributed by atoms with E-state index in [2.05, 4.69) is 5.32 Å². The average molecular weight is 301 g/mol. The van der Waals surface area contributed by atoms with E-state index >= 15 is 0 Å². The normalized spacial score (nSPS) is 13.4. The van der Waals surface area contributed by atoms with Crippen LogP contribution in [0.5, 0.6) is 0 Å². The average Bonchev–Trinajstić information content (AvgIpc) is 2.93. The Morgan fingerprint density at radius 3 is 2.30 bits per heavy atom. The Morgan fingerprint density at radius 1 is 1.15 bits per heavy atom. The number of nitrogens with one attached hydrogen (secondary N) is 1. The Labute approximate surface area is 115 Å². The SMILES string of the molecule is CC(Nc1ccc(S(=O)(=O)C(F)F)cc1)c1ccoc1. The number of hydrogen-bond acceptors (Lipinski definition) is 4. The van der Waals surface area contributed by atoms with E-state index in [1.807, 2.05) is 6.92 Å². The summed E-state index contributed by atoms with van der Waals surface area (Å²) in [5, 5.41) is 3.11. The highest BCUT2D eigenvalue weighted by Gasteiger charge is 2.26. The fourth-order valence-electron chi connectivity index (χ4n) is 1.70. The van der Waals surface area contributed by atoms with Crippen molar-refractivity contribution in [1.29, 1.82) is 0 Å². The van der Waals surface area contributed by atoms with Gasteiger partial charge in [-0.25, -0.2) is 8.42 Å². The van der Waals surface area contributed by atoms with Crippen LogP contribution in [0.4, 0.5) is 14.5 Å². The van der Waals surface area contributed by atoms with Crippen LogP contribution < -0.4 is 5.32 Å². The molecule has 0 saturated carbocycles. The van der Waals surface area contributed by atoms with Gasteiger partial charge < -0.3 is 9.73 Å². The molecule has 0 spiro atoms. The quantitative estimate of drug-likeness (QED) is 0.919. The molecule has 0 radical (unpaired) electrons. The van der Waals surface area contributed by atoms with Gasteiger partial charge in [0, 0.05) is 11.3 Å². The third-order valence-corrected chi connectivity index (χ3v) is 4.24. The second-order valence-electron chi connectivity index (χ2n) is 4.25. The van der Waals surface area contributed by atoms with Gasteiger partial charge >= 0.3 is 5.76 Å². The van der Waals surface area contributed by atoms with E-state index in [1.54, 1.807) is 18.6 Å². The van der Waals surface area contributed by atoms with Crippen molar-refractivity contribution in [3.8, 4) is 0 Å². The van der Waals surface area contributed by atoms with Crippen LogP contribution in [0, 0.1) is 0 Å². The van der Waals surface area contributed by atoms with Gasteiger partial charge in [-0.15, -0.1) is 0 Å². The summed E-state index contributed by atoms with van der Waals surface area (Å²) < 4.78 is 52.3. The van der Waals surface area contributed by atoms with Crippen LogP contribution in [0.25, 0.3) is 0 Å². The van der Waals surface area contributed by atoms with Crippen LogP contribution >= 0.6 is 0 Å². The predicted octanol–water partition coefficient (Wildman–Crippen LogP) is 3.45. The lowest BCUT2D eigenvalue weighted by Crippen LogP contribution is -2.11. The lowest BCUT2D eigenvalue weighted by atomic mass is 10.1. The molecule has 1 unspecified atom stereocenters. The van der Waals surface area contributed by atoms with Crippen LogP contribution in [-0.4, -0.2) is 14.2 Å². The van der Waals surface area contributed by atoms with E-state index in [4.69, 9.17) is 4.42 Å². The Hall–Kier alpha value is -1.89.